The number of hydrogen-bond donors (Lipinski definition) is 1. The van der Waals surface area contributed by atoms with Crippen LogP contribution in [0.2, 0.25) is 5.02 Å². The Labute approximate surface area is 173 Å². The lowest BCUT2D eigenvalue weighted by atomic mass is 10.1. The molecule has 6 nitrogen and oxygen atoms in total. The van der Waals surface area contributed by atoms with Crippen LogP contribution in [0, 0.1) is 20.8 Å². The van der Waals surface area contributed by atoms with Crippen molar-refractivity contribution in [2.45, 2.75) is 20.8 Å². The van der Waals surface area contributed by atoms with Crippen molar-refractivity contribution in [1.82, 2.24) is 5.32 Å². The smallest absolute Gasteiger partial charge is 0.336 e. The number of amides is 1. The van der Waals surface area contributed by atoms with E-state index in [1.165, 1.54) is 17.7 Å². The third-order valence-corrected chi connectivity index (χ3v) is 4.67. The summed E-state index contributed by atoms with van der Waals surface area (Å²) in [6.07, 6.45) is 0. The lowest BCUT2D eigenvalue weighted by Gasteiger charge is -2.12. The number of carbonyl (C=O) groups excluding carboxylic acids is 1. The van der Waals surface area contributed by atoms with E-state index in [2.05, 4.69) is 5.32 Å². The van der Waals surface area contributed by atoms with Crippen LogP contribution in [0.4, 0.5) is 0 Å². The molecule has 0 saturated carbocycles. The van der Waals surface area contributed by atoms with Gasteiger partial charge in [0.15, 0.2) is 6.61 Å². The molecule has 29 heavy (non-hydrogen) atoms. The monoisotopic (exact) mass is 415 g/mol. The highest BCUT2D eigenvalue weighted by Gasteiger charge is 2.11. The molecular weight excluding hydrogens is 394 g/mol. The molecule has 1 N–H and O–H groups in total. The molecule has 1 amide bonds. The van der Waals surface area contributed by atoms with Gasteiger partial charge in [0.2, 0.25) is 0 Å². The zero-order valence-corrected chi connectivity index (χ0v) is 17.3. The molecule has 0 aliphatic rings. The fourth-order valence-corrected chi connectivity index (χ4v) is 3.16. The Morgan fingerprint density at radius 2 is 1.83 bits per heavy atom. The Balaban J connectivity index is 1.51. The lowest BCUT2D eigenvalue weighted by Crippen LogP contribution is -2.32. The van der Waals surface area contributed by atoms with Crippen LogP contribution in [0.1, 0.15) is 16.7 Å². The molecule has 0 spiro atoms. The van der Waals surface area contributed by atoms with E-state index < -0.39 is 5.63 Å². The minimum Gasteiger partial charge on any atom is -0.491 e. The molecule has 7 heteroatoms. The quantitative estimate of drug-likeness (QED) is 0.467. The summed E-state index contributed by atoms with van der Waals surface area (Å²) in [7, 11) is 0. The summed E-state index contributed by atoms with van der Waals surface area (Å²) in [4.78, 5) is 23.6. The van der Waals surface area contributed by atoms with Gasteiger partial charge < -0.3 is 19.2 Å². The number of fused-ring (bicyclic) bond motifs is 1. The normalized spacial score (nSPS) is 10.8. The first kappa shape index (κ1) is 20.7. The van der Waals surface area contributed by atoms with Crippen LogP contribution in [0.3, 0.4) is 0 Å². The Morgan fingerprint density at radius 1 is 1.03 bits per heavy atom. The van der Waals surface area contributed by atoms with Gasteiger partial charge in [-0.3, -0.25) is 4.79 Å². The number of rotatable bonds is 7. The molecule has 0 radical (unpaired) electrons. The largest absolute Gasteiger partial charge is 0.491 e. The molecule has 2 aromatic carbocycles. The molecule has 3 aromatic rings. The van der Waals surface area contributed by atoms with E-state index in [4.69, 9.17) is 25.5 Å². The molecule has 0 aliphatic heterocycles. The number of benzene rings is 2. The van der Waals surface area contributed by atoms with Crippen LogP contribution in [-0.2, 0) is 4.79 Å². The van der Waals surface area contributed by atoms with Crippen molar-refractivity contribution in [2.75, 3.05) is 19.8 Å². The highest BCUT2D eigenvalue weighted by atomic mass is 35.5. The molecule has 0 aliphatic carbocycles. The number of halogens is 1. The fraction of sp³-hybridized carbons (Fsp3) is 0.273. The van der Waals surface area contributed by atoms with Crippen molar-refractivity contribution < 1.29 is 18.7 Å². The van der Waals surface area contributed by atoms with E-state index in [0.29, 0.717) is 23.8 Å². The van der Waals surface area contributed by atoms with Crippen molar-refractivity contribution in [3.63, 3.8) is 0 Å². The number of aryl methyl sites for hydroxylation is 3. The van der Waals surface area contributed by atoms with Gasteiger partial charge in [0.1, 0.15) is 23.7 Å². The molecular formula is C22H22ClNO5. The zero-order chi connectivity index (χ0) is 21.0. The van der Waals surface area contributed by atoms with Crippen molar-refractivity contribution in [2.24, 2.45) is 0 Å². The molecule has 1 aromatic heterocycles. The van der Waals surface area contributed by atoms with Gasteiger partial charge in [-0.1, -0.05) is 29.3 Å². The number of carbonyl (C=O) groups is 1. The molecule has 1 heterocycles. The first-order valence-corrected chi connectivity index (χ1v) is 9.55. The summed E-state index contributed by atoms with van der Waals surface area (Å²) in [5.41, 5.74) is 2.88. The van der Waals surface area contributed by atoms with Gasteiger partial charge in [-0.05, 0) is 44.0 Å². The lowest BCUT2D eigenvalue weighted by molar-refractivity contribution is -0.123. The maximum absolute atomic E-state index is 12.0. The van der Waals surface area contributed by atoms with Crippen LogP contribution in [-0.4, -0.2) is 25.7 Å². The Bertz CT molecular complexity index is 1110. The Hall–Kier alpha value is -2.99. The first-order valence-electron chi connectivity index (χ1n) is 9.17. The summed E-state index contributed by atoms with van der Waals surface area (Å²) in [5.74, 6) is 0.756. The molecule has 0 fully saturated rings. The van der Waals surface area contributed by atoms with E-state index in [-0.39, 0.29) is 18.3 Å². The van der Waals surface area contributed by atoms with Gasteiger partial charge >= 0.3 is 5.63 Å². The summed E-state index contributed by atoms with van der Waals surface area (Å²) in [6.45, 7) is 6.26. The maximum atomic E-state index is 12.0. The van der Waals surface area contributed by atoms with Gasteiger partial charge in [0.25, 0.3) is 5.91 Å². The maximum Gasteiger partial charge on any atom is 0.336 e. The SMILES string of the molecule is Cc1ccc(OCCNC(=O)COc2cc3oc(=O)cc(C)c3cc2Cl)c(C)c1. The Morgan fingerprint density at radius 3 is 2.59 bits per heavy atom. The molecule has 0 unspecified atom stereocenters. The van der Waals surface area contributed by atoms with Crippen molar-refractivity contribution in [1.29, 1.82) is 0 Å². The van der Waals surface area contributed by atoms with Gasteiger partial charge in [-0.2, -0.15) is 0 Å². The number of hydrogen-bond acceptors (Lipinski definition) is 5. The molecule has 152 valence electrons. The summed E-state index contributed by atoms with van der Waals surface area (Å²) < 4.78 is 16.3. The second-order valence-electron chi connectivity index (χ2n) is 6.78. The molecule has 0 bridgehead atoms. The number of nitrogens with one attached hydrogen (secondary N) is 1. The molecule has 3 rings (SSSR count). The highest BCUT2D eigenvalue weighted by Crippen LogP contribution is 2.30. The third kappa shape index (κ3) is 5.29. The van der Waals surface area contributed by atoms with Crippen LogP contribution >= 0.6 is 11.6 Å². The summed E-state index contributed by atoms with van der Waals surface area (Å²) in [6, 6.07) is 10.5. The fourth-order valence-electron chi connectivity index (χ4n) is 2.94. The van der Waals surface area contributed by atoms with E-state index in [1.54, 1.807) is 13.0 Å². The standard InChI is InChI=1S/C22H22ClNO5/c1-13-4-5-18(15(3)8-13)27-7-6-24-21(25)12-28-20-11-19-16(10-17(20)23)14(2)9-22(26)29-19/h4-5,8-11H,6-7,12H2,1-3H3,(H,24,25). The van der Waals surface area contributed by atoms with Crippen LogP contribution in [0.25, 0.3) is 11.0 Å². The topological polar surface area (TPSA) is 77.8 Å². The summed E-state index contributed by atoms with van der Waals surface area (Å²) in [5, 5.41) is 3.77. The average molecular weight is 416 g/mol. The van der Waals surface area contributed by atoms with E-state index in [0.717, 1.165) is 22.3 Å². The predicted molar refractivity (Wildman–Crippen MR) is 112 cm³/mol. The second-order valence-corrected chi connectivity index (χ2v) is 7.19. The Kier molecular flexibility index (Phi) is 6.44. The van der Waals surface area contributed by atoms with E-state index >= 15 is 0 Å². The van der Waals surface area contributed by atoms with Crippen molar-refractivity contribution >= 4 is 28.5 Å². The molecule has 0 atom stereocenters. The van der Waals surface area contributed by atoms with Gasteiger partial charge in [0, 0.05) is 17.5 Å². The molecule has 0 saturated heterocycles. The zero-order valence-electron chi connectivity index (χ0n) is 16.5. The van der Waals surface area contributed by atoms with E-state index in [1.807, 2.05) is 32.0 Å². The second kappa shape index (κ2) is 9.01. The van der Waals surface area contributed by atoms with Gasteiger partial charge in [-0.25, -0.2) is 4.79 Å². The minimum atomic E-state index is -0.454. The predicted octanol–water partition coefficient (Wildman–Crippen LogP) is 3.95. The van der Waals surface area contributed by atoms with Crippen LogP contribution in [0.5, 0.6) is 11.5 Å². The average Bonchev–Trinajstić information content (AvgIpc) is 2.65. The number of ether oxygens (including phenoxy) is 2. The van der Waals surface area contributed by atoms with Crippen LogP contribution in [0.15, 0.2) is 45.6 Å². The van der Waals surface area contributed by atoms with E-state index in [9.17, 15) is 9.59 Å². The van der Waals surface area contributed by atoms with Gasteiger partial charge in [-0.15, -0.1) is 0 Å². The third-order valence-electron chi connectivity index (χ3n) is 4.37. The summed E-state index contributed by atoms with van der Waals surface area (Å²) >= 11 is 6.22. The first-order chi connectivity index (χ1) is 13.8. The van der Waals surface area contributed by atoms with Crippen molar-refractivity contribution in [3.8, 4) is 11.5 Å². The van der Waals surface area contributed by atoms with Crippen molar-refractivity contribution in [3.05, 3.63) is 68.5 Å². The highest BCUT2D eigenvalue weighted by molar-refractivity contribution is 6.32. The minimum absolute atomic E-state index is 0.217. The van der Waals surface area contributed by atoms with Gasteiger partial charge in [0.05, 0.1) is 11.6 Å². The van der Waals surface area contributed by atoms with Crippen LogP contribution < -0.4 is 20.4 Å².